The molecule has 3 heterocycles. The second kappa shape index (κ2) is 10.6. The molecule has 182 valence electrons. The van der Waals surface area contributed by atoms with Gasteiger partial charge in [-0.25, -0.2) is 15.0 Å². The van der Waals surface area contributed by atoms with Crippen molar-refractivity contribution in [2.45, 2.75) is 36.4 Å². The Morgan fingerprint density at radius 3 is 2.79 bits per heavy atom. The van der Waals surface area contributed by atoms with Crippen LogP contribution in [0, 0.1) is 10.1 Å². The molecule has 3 aromatic rings. The van der Waals surface area contributed by atoms with Gasteiger partial charge in [0.15, 0.2) is 16.6 Å². The first-order chi connectivity index (χ1) is 16.1. The molecule has 0 spiro atoms. The number of fused-ring (bicyclic) bond motifs is 1. The van der Waals surface area contributed by atoms with Gasteiger partial charge in [-0.15, -0.1) is 0 Å². The number of halogens is 2. The van der Waals surface area contributed by atoms with Crippen LogP contribution < -0.4 is 5.73 Å². The molecule has 4 rings (SSSR count). The zero-order chi connectivity index (χ0) is 24.5. The van der Waals surface area contributed by atoms with Crippen molar-refractivity contribution in [3.8, 4) is 0 Å². The number of aliphatic hydroxyl groups excluding tert-OH is 1. The molecule has 11 nitrogen and oxygen atoms in total. The van der Waals surface area contributed by atoms with E-state index in [2.05, 4.69) is 15.0 Å². The zero-order valence-corrected chi connectivity index (χ0v) is 21.4. The highest BCUT2D eigenvalue weighted by Crippen LogP contribution is 2.58. The topological polar surface area (TPSA) is 151 Å². The fourth-order valence-electron chi connectivity index (χ4n) is 3.43. The van der Waals surface area contributed by atoms with E-state index < -0.39 is 28.3 Å². The summed E-state index contributed by atoms with van der Waals surface area (Å²) in [5.41, 5.74) is 8.00. The number of rotatable bonds is 9. The first-order valence-corrected chi connectivity index (χ1v) is 15.5. The minimum Gasteiger partial charge on any atom is -0.390 e. The molecule has 1 saturated heterocycles. The Labute approximate surface area is 212 Å². The molecule has 0 amide bonds. The summed E-state index contributed by atoms with van der Waals surface area (Å²) in [6, 6.07) is 6.40. The quantitative estimate of drug-likeness (QED) is 0.127. The number of benzene rings is 1. The lowest BCUT2D eigenvalue weighted by Gasteiger charge is -2.17. The number of ether oxygens (including phenoxy) is 1. The minimum atomic E-state index is -2.92. The maximum Gasteiger partial charge on any atom is 0.269 e. The van der Waals surface area contributed by atoms with Crippen LogP contribution in [0.4, 0.5) is 11.5 Å². The molecule has 1 fully saturated rings. The molecule has 0 bridgehead atoms. The van der Waals surface area contributed by atoms with Crippen molar-refractivity contribution < 1.29 is 19.3 Å². The first-order valence-electron chi connectivity index (χ1n) is 9.94. The van der Waals surface area contributed by atoms with E-state index in [0.717, 1.165) is 5.56 Å². The van der Waals surface area contributed by atoms with E-state index in [9.17, 15) is 15.2 Å². The number of hydrogen-bond acceptors (Lipinski definition) is 11. The van der Waals surface area contributed by atoms with Gasteiger partial charge in [0.05, 0.1) is 24.0 Å². The second-order valence-corrected chi connectivity index (χ2v) is 15.7. The smallest absolute Gasteiger partial charge is 0.269 e. The Bertz CT molecular complexity index is 1240. The van der Waals surface area contributed by atoms with Crippen molar-refractivity contribution in [1.82, 2.24) is 19.5 Å². The molecule has 2 aromatic heterocycles. The number of aromatic nitrogens is 4. The second-order valence-electron chi connectivity index (χ2n) is 7.38. The van der Waals surface area contributed by atoms with Crippen molar-refractivity contribution in [3.05, 3.63) is 46.3 Å². The van der Waals surface area contributed by atoms with E-state index in [4.69, 9.17) is 49.3 Å². The van der Waals surface area contributed by atoms with Crippen LogP contribution in [0.15, 0.2) is 35.7 Å². The average molecular weight is 565 g/mol. The summed E-state index contributed by atoms with van der Waals surface area (Å²) in [6.45, 7) is -0.0323. The Hall–Kier alpha value is -1.57. The Morgan fingerprint density at radius 1 is 1.38 bits per heavy atom. The molecule has 34 heavy (non-hydrogen) atoms. The number of aryl methyl sites for hydroxylation is 1. The molecular formula is C18H19Cl2N6O5PS2. The van der Waals surface area contributed by atoms with Gasteiger partial charge in [-0.2, -0.15) is 0 Å². The lowest BCUT2D eigenvalue weighted by molar-refractivity contribution is -0.384. The average Bonchev–Trinajstić information content (AvgIpc) is 3.35. The Morgan fingerprint density at radius 2 is 2.12 bits per heavy atom. The van der Waals surface area contributed by atoms with E-state index >= 15 is 0 Å². The van der Waals surface area contributed by atoms with Crippen LogP contribution in [-0.4, -0.2) is 54.1 Å². The monoisotopic (exact) mass is 564 g/mol. The molecule has 3 N–H and O–H groups in total. The highest BCUT2D eigenvalue weighted by molar-refractivity contribution is 8.36. The standard InChI is InChI=1S/C18H19Cl2N6O5PS2/c19-32(20,33)30-8-13-12(27)7-14(31-13)25-9-22-15-16(21)23-18(24-17(15)25)34-6-5-10-1-3-11(4-2-10)26(28)29/h1-4,9,12-14,27H,5-8H2,(H2,21,23,24)/t12-,13+,14+/m0/s1. The van der Waals surface area contributed by atoms with Gasteiger partial charge in [-0.3, -0.25) is 14.7 Å². The number of hydrogen-bond donors (Lipinski definition) is 2. The Balaban J connectivity index is 1.44. The summed E-state index contributed by atoms with van der Waals surface area (Å²) in [7, 11) is 0. The fraction of sp³-hybridized carbons (Fsp3) is 0.389. The van der Waals surface area contributed by atoms with E-state index in [0.29, 0.717) is 28.5 Å². The van der Waals surface area contributed by atoms with Crippen molar-refractivity contribution in [3.63, 3.8) is 0 Å². The first kappa shape index (κ1) is 25.5. The van der Waals surface area contributed by atoms with E-state index in [1.165, 1.54) is 30.2 Å². The van der Waals surface area contributed by atoms with Crippen molar-refractivity contribution in [2.75, 3.05) is 18.1 Å². The SMILES string of the molecule is Nc1nc(SCCc2ccc([N+](=O)[O-])cc2)nc2c1ncn2[C@H]1C[C@H](O)[C@@H](COP(=S)(Cl)Cl)O1. The van der Waals surface area contributed by atoms with Crippen LogP contribution in [0.3, 0.4) is 0 Å². The van der Waals surface area contributed by atoms with Crippen LogP contribution in [0.1, 0.15) is 18.2 Å². The third-order valence-corrected chi connectivity index (χ3v) is 7.30. The number of aliphatic hydroxyl groups is 1. The van der Waals surface area contributed by atoms with Crippen LogP contribution in [0.25, 0.3) is 11.2 Å². The van der Waals surface area contributed by atoms with Gasteiger partial charge in [0, 0.05) is 24.3 Å². The molecule has 1 aliphatic heterocycles. The molecule has 1 aromatic carbocycles. The van der Waals surface area contributed by atoms with E-state index in [-0.39, 0.29) is 24.5 Å². The largest absolute Gasteiger partial charge is 0.390 e. The van der Waals surface area contributed by atoms with Crippen LogP contribution in [0.5, 0.6) is 0 Å². The van der Waals surface area contributed by atoms with Gasteiger partial charge in [-0.05, 0) is 46.3 Å². The predicted molar refractivity (Wildman–Crippen MR) is 134 cm³/mol. The number of nitro benzene ring substituents is 1. The van der Waals surface area contributed by atoms with Crippen LogP contribution >= 0.6 is 39.2 Å². The molecule has 3 atom stereocenters. The molecule has 0 saturated carbocycles. The normalized spacial score (nSPS) is 20.7. The van der Waals surface area contributed by atoms with Crippen molar-refractivity contribution in [1.29, 1.82) is 0 Å². The summed E-state index contributed by atoms with van der Waals surface area (Å²) in [5, 5.41) is 21.6. The minimum absolute atomic E-state index is 0.0323. The van der Waals surface area contributed by atoms with E-state index in [1.807, 2.05) is 0 Å². The summed E-state index contributed by atoms with van der Waals surface area (Å²) < 4.78 is 12.8. The van der Waals surface area contributed by atoms with Gasteiger partial charge in [0.25, 0.3) is 5.69 Å². The zero-order valence-electron chi connectivity index (χ0n) is 17.4. The predicted octanol–water partition coefficient (Wildman–Crippen LogP) is 4.02. The molecular weight excluding hydrogens is 546 g/mol. The third kappa shape index (κ3) is 6.16. The lowest BCUT2D eigenvalue weighted by atomic mass is 10.1. The van der Waals surface area contributed by atoms with Gasteiger partial charge >= 0.3 is 0 Å². The summed E-state index contributed by atoms with van der Waals surface area (Å²) in [6.07, 6.45) is 0.458. The molecule has 1 aliphatic rings. The Kier molecular flexibility index (Phi) is 7.95. The number of anilines is 1. The van der Waals surface area contributed by atoms with E-state index in [1.54, 1.807) is 16.7 Å². The molecule has 0 aliphatic carbocycles. The van der Waals surface area contributed by atoms with Crippen LogP contribution in [-0.2, 0) is 27.5 Å². The highest BCUT2D eigenvalue weighted by Gasteiger charge is 2.37. The number of thioether (sulfide) groups is 1. The molecule has 0 radical (unpaired) electrons. The van der Waals surface area contributed by atoms with Gasteiger partial charge in [-0.1, -0.05) is 23.9 Å². The molecule has 0 unspecified atom stereocenters. The van der Waals surface area contributed by atoms with Gasteiger partial charge in [0.2, 0.25) is 4.97 Å². The summed E-state index contributed by atoms with van der Waals surface area (Å²) in [4.78, 5) is 20.6. The third-order valence-electron chi connectivity index (χ3n) is 5.10. The number of nitrogens with zero attached hydrogens (tertiary/aromatic N) is 5. The fourth-order valence-corrected chi connectivity index (χ4v) is 5.11. The maximum absolute atomic E-state index is 10.8. The van der Waals surface area contributed by atoms with Gasteiger partial charge < -0.3 is 20.1 Å². The maximum atomic E-state index is 10.8. The number of nitrogen functional groups attached to an aromatic ring is 1. The number of non-ortho nitro benzene ring substituents is 1. The lowest BCUT2D eigenvalue weighted by Crippen LogP contribution is -2.25. The van der Waals surface area contributed by atoms with Crippen molar-refractivity contribution >= 4 is 73.7 Å². The van der Waals surface area contributed by atoms with Crippen molar-refractivity contribution in [2.24, 2.45) is 0 Å². The number of imidazole rings is 1. The summed E-state index contributed by atoms with van der Waals surface area (Å²) >= 11 is 17.8. The summed E-state index contributed by atoms with van der Waals surface area (Å²) in [5.74, 6) is 0.863. The highest BCUT2D eigenvalue weighted by atomic mass is 35.9. The number of nitrogens with two attached hydrogens (primary N) is 1. The van der Waals surface area contributed by atoms with Crippen LogP contribution in [0.2, 0.25) is 0 Å². The number of nitro groups is 1. The van der Waals surface area contributed by atoms with Gasteiger partial charge in [0.1, 0.15) is 17.8 Å². The molecule has 16 heteroatoms.